The zero-order chi connectivity index (χ0) is 26.1. The van der Waals surface area contributed by atoms with Gasteiger partial charge in [-0.2, -0.15) is 0 Å². The summed E-state index contributed by atoms with van der Waals surface area (Å²) in [4.78, 5) is 26.6. The minimum Gasteiger partial charge on any atom is -0.593 e. The van der Waals surface area contributed by atoms with Crippen molar-refractivity contribution in [2.24, 2.45) is 7.05 Å². The predicted octanol–water partition coefficient (Wildman–Crippen LogP) is 5.22. The van der Waals surface area contributed by atoms with Gasteiger partial charge in [-0.3, -0.25) is 14.2 Å². The minimum atomic E-state index is -1.39. The van der Waals surface area contributed by atoms with Gasteiger partial charge in [0.2, 0.25) is 0 Å². The maximum Gasteiger partial charge on any atom is 0.259 e. The van der Waals surface area contributed by atoms with Crippen LogP contribution in [0.5, 0.6) is 11.5 Å². The summed E-state index contributed by atoms with van der Waals surface area (Å²) < 4.78 is 37.1. The lowest BCUT2D eigenvalue weighted by molar-refractivity contribution is 0.0948. The summed E-state index contributed by atoms with van der Waals surface area (Å²) in [5, 5.41) is 5.96. The number of hydrogen-bond donors (Lipinski definition) is 3. The minimum absolute atomic E-state index is 0.0126. The summed E-state index contributed by atoms with van der Waals surface area (Å²) >= 11 is 7.09. The zero-order valence-electron chi connectivity index (χ0n) is 19.6. The van der Waals surface area contributed by atoms with Crippen LogP contribution in [-0.4, -0.2) is 27.3 Å². The van der Waals surface area contributed by atoms with Crippen LogP contribution in [0.1, 0.15) is 28.8 Å². The van der Waals surface area contributed by atoms with Crippen LogP contribution in [0.15, 0.2) is 41.2 Å². The van der Waals surface area contributed by atoms with Gasteiger partial charge in [0.15, 0.2) is 5.75 Å². The fourth-order valence-electron chi connectivity index (χ4n) is 3.53. The molecule has 1 amide bonds. The van der Waals surface area contributed by atoms with E-state index in [1.807, 2.05) is 22.6 Å². The van der Waals surface area contributed by atoms with Crippen LogP contribution in [0.25, 0.3) is 0 Å². The molecule has 36 heavy (non-hydrogen) atoms. The molecule has 4 rings (SSSR count). The fraction of sp³-hybridized carbons (Fsp3) is 0.250. The monoisotopic (exact) mass is 644 g/mol. The number of rotatable bonds is 8. The van der Waals surface area contributed by atoms with Crippen molar-refractivity contribution in [1.82, 2.24) is 9.88 Å². The number of aromatic nitrogens is 1. The third kappa shape index (κ3) is 5.74. The molecule has 3 aromatic rings. The second-order valence-corrected chi connectivity index (χ2v) is 11.1. The average Bonchev–Trinajstić information content (AvgIpc) is 3.63. The van der Waals surface area contributed by atoms with Crippen LogP contribution >= 0.6 is 34.2 Å². The Morgan fingerprint density at radius 3 is 2.64 bits per heavy atom. The molecule has 0 spiro atoms. The van der Waals surface area contributed by atoms with E-state index in [0.717, 1.165) is 12.8 Å². The molecule has 0 aliphatic heterocycles. The molecule has 1 atom stereocenters. The maximum absolute atomic E-state index is 14.7. The van der Waals surface area contributed by atoms with Crippen molar-refractivity contribution in [3.8, 4) is 11.5 Å². The summed E-state index contributed by atoms with van der Waals surface area (Å²) in [5.74, 6) is -0.810. The molecule has 1 unspecified atom stereocenters. The first-order valence-corrected chi connectivity index (χ1v) is 13.9. The van der Waals surface area contributed by atoms with Gasteiger partial charge in [-0.25, -0.2) is 9.11 Å². The lowest BCUT2D eigenvalue weighted by Gasteiger charge is -2.22. The van der Waals surface area contributed by atoms with Gasteiger partial charge < -0.3 is 19.9 Å². The highest BCUT2D eigenvalue weighted by Gasteiger charge is 2.31. The molecule has 0 saturated heterocycles. The molecular weight excluding hydrogens is 622 g/mol. The molecule has 8 nitrogen and oxygen atoms in total. The smallest absolute Gasteiger partial charge is 0.259 e. The topological polar surface area (TPSA) is 107 Å². The maximum atomic E-state index is 14.7. The summed E-state index contributed by atoms with van der Waals surface area (Å²) in [5.41, 5.74) is 0.213. The van der Waals surface area contributed by atoms with E-state index < -0.39 is 28.6 Å². The van der Waals surface area contributed by atoms with E-state index in [-0.39, 0.29) is 45.2 Å². The van der Waals surface area contributed by atoms with E-state index in [0.29, 0.717) is 9.26 Å². The number of hydrogen-bond acceptors (Lipinski definition) is 6. The fourth-order valence-corrected chi connectivity index (χ4v) is 4.74. The van der Waals surface area contributed by atoms with E-state index in [1.54, 1.807) is 24.3 Å². The number of carbonyl (C=O) groups excluding carboxylic acids is 1. The highest BCUT2D eigenvalue weighted by atomic mass is 127. The number of pyridine rings is 1. The largest absolute Gasteiger partial charge is 0.593 e. The van der Waals surface area contributed by atoms with Crippen molar-refractivity contribution < 1.29 is 18.5 Å². The van der Waals surface area contributed by atoms with Crippen LogP contribution in [0.4, 0.5) is 21.6 Å². The first-order chi connectivity index (χ1) is 17.1. The number of amides is 1. The number of anilines is 3. The van der Waals surface area contributed by atoms with E-state index in [1.165, 1.54) is 36.9 Å². The Hall–Kier alpha value is -2.48. The van der Waals surface area contributed by atoms with Gasteiger partial charge in [-0.05, 0) is 72.7 Å². The number of nitrogens with zero attached hydrogens (tertiary/aromatic N) is 1. The molecule has 190 valence electrons. The molecule has 0 radical (unpaired) electrons. The molecule has 1 heterocycles. The average molecular weight is 645 g/mol. The highest BCUT2D eigenvalue weighted by Crippen LogP contribution is 2.39. The Balaban J connectivity index is 1.88. The second kappa shape index (κ2) is 10.9. The standard InChI is InChI=1S/C24H23ClFIN4O4S/c1-12-21(35-18-6-4-5-17(20(18)25)30-36(3)34)19(23(32)28-14-8-9-14)22(31(2)24(12)33)29-16-10-7-13(27)11-15(16)26/h4-7,10-11,14,29-30H,8-9H2,1-3H3,(H,28,32). The van der Waals surface area contributed by atoms with Gasteiger partial charge in [-0.15, -0.1) is 0 Å². The van der Waals surface area contributed by atoms with E-state index >= 15 is 0 Å². The molecule has 1 aliphatic carbocycles. The first-order valence-electron chi connectivity index (χ1n) is 10.9. The first kappa shape index (κ1) is 26.6. The molecule has 1 saturated carbocycles. The molecule has 3 N–H and O–H groups in total. The summed E-state index contributed by atoms with van der Waals surface area (Å²) in [6.07, 6.45) is 3.14. The Morgan fingerprint density at radius 2 is 2.00 bits per heavy atom. The molecule has 12 heteroatoms. The van der Waals surface area contributed by atoms with Crippen LogP contribution in [0.3, 0.4) is 0 Å². The van der Waals surface area contributed by atoms with E-state index in [2.05, 4.69) is 15.4 Å². The highest BCUT2D eigenvalue weighted by molar-refractivity contribution is 14.1. The molecule has 1 aromatic heterocycles. The number of ether oxygens (including phenoxy) is 1. The van der Waals surface area contributed by atoms with Gasteiger partial charge in [0, 0.05) is 16.7 Å². The Kier molecular flexibility index (Phi) is 8.03. The van der Waals surface area contributed by atoms with Crippen molar-refractivity contribution >= 4 is 68.7 Å². The second-order valence-electron chi connectivity index (χ2n) is 8.31. The summed E-state index contributed by atoms with van der Waals surface area (Å²) in [6, 6.07) is 9.42. The van der Waals surface area contributed by atoms with Crippen molar-refractivity contribution in [2.45, 2.75) is 25.8 Å². The number of nitrogens with one attached hydrogen (secondary N) is 3. The van der Waals surface area contributed by atoms with Crippen molar-refractivity contribution in [2.75, 3.05) is 16.3 Å². The van der Waals surface area contributed by atoms with Gasteiger partial charge in [-0.1, -0.05) is 17.7 Å². The number of carbonyl (C=O) groups is 1. The normalized spacial score (nSPS) is 13.8. The third-order valence-electron chi connectivity index (χ3n) is 5.52. The van der Waals surface area contributed by atoms with Crippen LogP contribution in [0.2, 0.25) is 5.02 Å². The van der Waals surface area contributed by atoms with Crippen molar-refractivity contribution in [3.63, 3.8) is 0 Å². The third-order valence-corrected chi connectivity index (χ3v) is 7.09. The number of halogens is 3. The Morgan fingerprint density at radius 1 is 1.28 bits per heavy atom. The van der Waals surface area contributed by atoms with Gasteiger partial charge in [0.05, 0.1) is 22.6 Å². The zero-order valence-corrected chi connectivity index (χ0v) is 23.3. The van der Waals surface area contributed by atoms with Crippen molar-refractivity contribution in [1.29, 1.82) is 0 Å². The van der Waals surface area contributed by atoms with E-state index in [4.69, 9.17) is 16.3 Å². The predicted molar refractivity (Wildman–Crippen MR) is 149 cm³/mol. The SMILES string of the molecule is Cc1c(Oc2cccc(N[S+](C)[O-])c2Cl)c(C(=O)NC2CC2)c(Nc2ccc(I)cc2F)n(C)c1=O. The van der Waals surface area contributed by atoms with Crippen LogP contribution in [0, 0.1) is 16.3 Å². The molecule has 0 bridgehead atoms. The van der Waals surface area contributed by atoms with Gasteiger partial charge in [0.1, 0.15) is 39.9 Å². The number of benzene rings is 2. The van der Waals surface area contributed by atoms with Crippen LogP contribution in [-0.2, 0) is 18.4 Å². The lowest BCUT2D eigenvalue weighted by atomic mass is 10.1. The Bertz CT molecular complexity index is 1400. The quantitative estimate of drug-likeness (QED) is 0.229. The Labute approximate surface area is 229 Å². The molecular formula is C24H23ClFIN4O4S. The van der Waals surface area contributed by atoms with Crippen LogP contribution < -0.4 is 25.7 Å². The summed E-state index contributed by atoms with van der Waals surface area (Å²) in [7, 11) is 1.49. The van der Waals surface area contributed by atoms with Gasteiger partial charge in [0.25, 0.3) is 11.5 Å². The van der Waals surface area contributed by atoms with E-state index in [9.17, 15) is 18.5 Å². The summed E-state index contributed by atoms with van der Waals surface area (Å²) in [6.45, 7) is 1.54. The lowest BCUT2D eigenvalue weighted by Crippen LogP contribution is -2.31. The molecule has 1 fully saturated rings. The molecule has 1 aliphatic rings. The van der Waals surface area contributed by atoms with Crippen molar-refractivity contribution in [3.05, 3.63) is 72.3 Å². The molecule has 2 aromatic carbocycles. The van der Waals surface area contributed by atoms with Gasteiger partial charge >= 0.3 is 0 Å².